The van der Waals surface area contributed by atoms with Gasteiger partial charge in [-0.15, -0.1) is 0 Å². The molecule has 0 saturated heterocycles. The highest BCUT2D eigenvalue weighted by Gasteiger charge is 2.29. The molecule has 4 N–H and O–H groups in total. The lowest BCUT2D eigenvalue weighted by molar-refractivity contribution is -0.140. The molecule has 0 spiro atoms. The summed E-state index contributed by atoms with van der Waals surface area (Å²) in [7, 11) is 1.60. The standard InChI is InChI=1S/C8H15N3O3/c1-14-6-4-2-3-5(6)10-7(12)8(13)11-9/h5-6H,2-4,9H2,1H3,(H,10,12)(H,11,13). The predicted octanol–water partition coefficient (Wildman–Crippen LogP) is -1.34. The molecule has 6 nitrogen and oxygen atoms in total. The molecule has 0 aliphatic heterocycles. The number of rotatable bonds is 2. The summed E-state index contributed by atoms with van der Waals surface area (Å²) in [6, 6.07) is -0.0789. The van der Waals surface area contributed by atoms with Gasteiger partial charge >= 0.3 is 11.8 Å². The van der Waals surface area contributed by atoms with Crippen LogP contribution in [0.4, 0.5) is 0 Å². The first kappa shape index (κ1) is 10.9. The van der Waals surface area contributed by atoms with Gasteiger partial charge in [-0.2, -0.15) is 0 Å². The van der Waals surface area contributed by atoms with Crippen LogP contribution < -0.4 is 16.6 Å². The van der Waals surface area contributed by atoms with E-state index in [2.05, 4.69) is 5.32 Å². The van der Waals surface area contributed by atoms with Crippen LogP contribution in [0.2, 0.25) is 0 Å². The number of hydrogen-bond donors (Lipinski definition) is 3. The van der Waals surface area contributed by atoms with Crippen LogP contribution >= 0.6 is 0 Å². The van der Waals surface area contributed by atoms with E-state index in [1.807, 2.05) is 0 Å². The first-order chi connectivity index (χ1) is 6.69. The van der Waals surface area contributed by atoms with E-state index in [0.717, 1.165) is 19.3 Å². The van der Waals surface area contributed by atoms with Crippen molar-refractivity contribution in [1.82, 2.24) is 10.7 Å². The molecule has 1 aliphatic rings. The molecule has 1 aliphatic carbocycles. The van der Waals surface area contributed by atoms with Crippen molar-refractivity contribution < 1.29 is 14.3 Å². The quantitative estimate of drug-likeness (QED) is 0.223. The van der Waals surface area contributed by atoms with Gasteiger partial charge in [0.1, 0.15) is 0 Å². The highest BCUT2D eigenvalue weighted by atomic mass is 16.5. The van der Waals surface area contributed by atoms with Gasteiger partial charge < -0.3 is 10.1 Å². The molecule has 1 fully saturated rings. The first-order valence-electron chi connectivity index (χ1n) is 4.53. The van der Waals surface area contributed by atoms with E-state index >= 15 is 0 Å². The molecule has 6 heteroatoms. The topological polar surface area (TPSA) is 93.4 Å². The number of hydrogen-bond acceptors (Lipinski definition) is 4. The van der Waals surface area contributed by atoms with Crippen LogP contribution in [-0.2, 0) is 14.3 Å². The van der Waals surface area contributed by atoms with Gasteiger partial charge in [0.15, 0.2) is 0 Å². The molecule has 2 amide bonds. The molecule has 80 valence electrons. The monoisotopic (exact) mass is 201 g/mol. The Bertz CT molecular complexity index is 232. The van der Waals surface area contributed by atoms with Gasteiger partial charge in [-0.3, -0.25) is 15.0 Å². The van der Waals surface area contributed by atoms with E-state index in [4.69, 9.17) is 10.6 Å². The molecule has 2 unspecified atom stereocenters. The van der Waals surface area contributed by atoms with Crippen LogP contribution in [0.15, 0.2) is 0 Å². The van der Waals surface area contributed by atoms with Crippen LogP contribution in [0, 0.1) is 0 Å². The molecular formula is C8H15N3O3. The molecule has 0 aromatic rings. The summed E-state index contributed by atoms with van der Waals surface area (Å²) in [5.41, 5.74) is 1.78. The fourth-order valence-electron chi connectivity index (χ4n) is 1.67. The van der Waals surface area contributed by atoms with Crippen LogP contribution in [0.3, 0.4) is 0 Å². The second kappa shape index (κ2) is 4.92. The van der Waals surface area contributed by atoms with Crippen LogP contribution in [0.1, 0.15) is 19.3 Å². The molecule has 0 aromatic carbocycles. The third kappa shape index (κ3) is 2.43. The Hall–Kier alpha value is -1.14. The number of hydrazine groups is 1. The number of methoxy groups -OCH3 is 1. The van der Waals surface area contributed by atoms with E-state index < -0.39 is 11.8 Å². The second-order valence-electron chi connectivity index (χ2n) is 3.26. The van der Waals surface area contributed by atoms with Gasteiger partial charge in [0.05, 0.1) is 12.1 Å². The zero-order valence-electron chi connectivity index (χ0n) is 8.08. The van der Waals surface area contributed by atoms with Crippen LogP contribution in [0.25, 0.3) is 0 Å². The maximum absolute atomic E-state index is 11.1. The number of nitrogens with one attached hydrogen (secondary N) is 2. The predicted molar refractivity (Wildman–Crippen MR) is 48.9 cm³/mol. The van der Waals surface area contributed by atoms with Gasteiger partial charge in [0.2, 0.25) is 0 Å². The smallest absolute Gasteiger partial charge is 0.323 e. The number of ether oxygens (including phenoxy) is 1. The largest absolute Gasteiger partial charge is 0.379 e. The Balaban J connectivity index is 2.43. The molecular weight excluding hydrogens is 186 g/mol. The average molecular weight is 201 g/mol. The van der Waals surface area contributed by atoms with Gasteiger partial charge in [-0.1, -0.05) is 0 Å². The van der Waals surface area contributed by atoms with E-state index in [0.29, 0.717) is 0 Å². The van der Waals surface area contributed by atoms with Gasteiger partial charge in [-0.25, -0.2) is 5.84 Å². The SMILES string of the molecule is COC1CCCC1NC(=O)C(=O)NN. The molecule has 0 radical (unpaired) electrons. The van der Waals surface area contributed by atoms with Crippen molar-refractivity contribution >= 4 is 11.8 Å². The number of amides is 2. The summed E-state index contributed by atoms with van der Waals surface area (Å²) in [4.78, 5) is 21.9. The molecule has 0 bridgehead atoms. The average Bonchev–Trinajstić information content (AvgIpc) is 2.63. The minimum absolute atomic E-state index is 0.00419. The van der Waals surface area contributed by atoms with Crippen LogP contribution in [-0.4, -0.2) is 31.1 Å². The normalized spacial score (nSPS) is 25.9. The molecule has 14 heavy (non-hydrogen) atoms. The fraction of sp³-hybridized carbons (Fsp3) is 0.750. The zero-order valence-corrected chi connectivity index (χ0v) is 8.08. The summed E-state index contributed by atoms with van der Waals surface area (Å²) in [6.07, 6.45) is 2.74. The number of carbonyl (C=O) groups excluding carboxylic acids is 2. The highest BCUT2D eigenvalue weighted by molar-refractivity contribution is 6.34. The van der Waals surface area contributed by atoms with E-state index in [-0.39, 0.29) is 12.1 Å². The van der Waals surface area contributed by atoms with Gasteiger partial charge in [0.25, 0.3) is 0 Å². The third-order valence-electron chi connectivity index (χ3n) is 2.41. The van der Waals surface area contributed by atoms with E-state index in [1.54, 1.807) is 12.5 Å². The fourth-order valence-corrected chi connectivity index (χ4v) is 1.67. The summed E-state index contributed by atoms with van der Waals surface area (Å²) < 4.78 is 5.16. The highest BCUT2D eigenvalue weighted by Crippen LogP contribution is 2.21. The maximum atomic E-state index is 11.1. The Morgan fingerprint density at radius 2 is 2.07 bits per heavy atom. The Kier molecular flexibility index (Phi) is 3.84. The second-order valence-corrected chi connectivity index (χ2v) is 3.26. The number of carbonyl (C=O) groups is 2. The Labute approximate surface area is 82.1 Å². The van der Waals surface area contributed by atoms with E-state index in [1.165, 1.54) is 0 Å². The lowest BCUT2D eigenvalue weighted by Crippen LogP contribution is -2.49. The van der Waals surface area contributed by atoms with Crippen molar-refractivity contribution in [3.63, 3.8) is 0 Å². The van der Waals surface area contributed by atoms with Gasteiger partial charge in [0, 0.05) is 7.11 Å². The third-order valence-corrected chi connectivity index (χ3v) is 2.41. The molecule has 2 atom stereocenters. The lowest BCUT2D eigenvalue weighted by Gasteiger charge is -2.18. The number of nitrogens with two attached hydrogens (primary N) is 1. The van der Waals surface area contributed by atoms with E-state index in [9.17, 15) is 9.59 Å². The molecule has 1 saturated carbocycles. The van der Waals surface area contributed by atoms with Crippen molar-refractivity contribution in [3.05, 3.63) is 0 Å². The first-order valence-corrected chi connectivity index (χ1v) is 4.53. The minimum atomic E-state index is -0.827. The summed E-state index contributed by atoms with van der Waals surface area (Å²) in [5, 5.41) is 2.57. The van der Waals surface area contributed by atoms with Crippen molar-refractivity contribution in [3.8, 4) is 0 Å². The van der Waals surface area contributed by atoms with Crippen molar-refractivity contribution in [1.29, 1.82) is 0 Å². The maximum Gasteiger partial charge on any atom is 0.323 e. The van der Waals surface area contributed by atoms with Crippen molar-refractivity contribution in [2.24, 2.45) is 5.84 Å². The van der Waals surface area contributed by atoms with Crippen LogP contribution in [0.5, 0.6) is 0 Å². The zero-order chi connectivity index (χ0) is 10.6. The van der Waals surface area contributed by atoms with Crippen molar-refractivity contribution in [2.75, 3.05) is 7.11 Å². The Morgan fingerprint density at radius 1 is 1.36 bits per heavy atom. The minimum Gasteiger partial charge on any atom is -0.379 e. The Morgan fingerprint density at radius 3 is 2.64 bits per heavy atom. The molecule has 0 heterocycles. The summed E-state index contributed by atoms with van der Waals surface area (Å²) in [5.74, 6) is 3.29. The summed E-state index contributed by atoms with van der Waals surface area (Å²) >= 11 is 0. The molecule has 1 rings (SSSR count). The van der Waals surface area contributed by atoms with Gasteiger partial charge in [-0.05, 0) is 19.3 Å². The molecule has 0 aromatic heterocycles. The lowest BCUT2D eigenvalue weighted by atomic mass is 10.2. The summed E-state index contributed by atoms with van der Waals surface area (Å²) in [6.45, 7) is 0. The van der Waals surface area contributed by atoms with Crippen molar-refractivity contribution in [2.45, 2.75) is 31.4 Å².